The molecule has 1 aliphatic carbocycles. The average molecular weight is 415 g/mol. The van der Waals surface area contributed by atoms with Gasteiger partial charge in [0.05, 0.1) is 0 Å². The molecular formula is C26H29F3O. The molecule has 0 atom stereocenters. The molecule has 2 aromatic carbocycles. The van der Waals surface area contributed by atoms with Crippen LogP contribution in [0.15, 0.2) is 48.5 Å². The average Bonchev–Trinajstić information content (AvgIpc) is 2.73. The highest BCUT2D eigenvalue weighted by atomic mass is 19.4. The summed E-state index contributed by atoms with van der Waals surface area (Å²) in [5.41, 5.74) is 3.57. The molecule has 160 valence electrons. The SMILES string of the molecule is CCCCCc1ccc(C2CCC(C#Cc3ccc(OC(F)(F)F)cc3)CC2)cc1. The monoisotopic (exact) mass is 414 g/mol. The van der Waals surface area contributed by atoms with E-state index in [2.05, 4.69) is 47.8 Å². The van der Waals surface area contributed by atoms with Crippen LogP contribution in [0.5, 0.6) is 5.75 Å². The predicted molar refractivity (Wildman–Crippen MR) is 114 cm³/mol. The fourth-order valence-electron chi connectivity index (χ4n) is 4.03. The summed E-state index contributed by atoms with van der Waals surface area (Å²) in [6.45, 7) is 2.23. The Hall–Kier alpha value is -2.41. The van der Waals surface area contributed by atoms with Gasteiger partial charge < -0.3 is 4.74 Å². The van der Waals surface area contributed by atoms with E-state index in [0.717, 1.165) is 25.7 Å². The molecule has 0 radical (unpaired) electrons. The van der Waals surface area contributed by atoms with Crippen LogP contribution in [0, 0.1) is 17.8 Å². The van der Waals surface area contributed by atoms with Gasteiger partial charge in [-0.05, 0) is 79.8 Å². The molecule has 0 bridgehead atoms. The maximum absolute atomic E-state index is 12.2. The second-order valence-corrected chi connectivity index (χ2v) is 8.09. The van der Waals surface area contributed by atoms with Crippen LogP contribution in [0.25, 0.3) is 0 Å². The van der Waals surface area contributed by atoms with Gasteiger partial charge in [0.1, 0.15) is 5.75 Å². The molecule has 1 saturated carbocycles. The molecule has 0 heterocycles. The zero-order chi connectivity index (χ0) is 21.4. The molecule has 0 aliphatic heterocycles. The minimum atomic E-state index is -4.67. The lowest BCUT2D eigenvalue weighted by Crippen LogP contribution is -2.16. The lowest BCUT2D eigenvalue weighted by atomic mass is 9.78. The van der Waals surface area contributed by atoms with Gasteiger partial charge in [-0.1, -0.05) is 55.9 Å². The van der Waals surface area contributed by atoms with E-state index in [1.165, 1.54) is 48.9 Å². The fraction of sp³-hybridized carbons (Fsp3) is 0.462. The van der Waals surface area contributed by atoms with Crippen LogP contribution in [0.1, 0.15) is 74.5 Å². The molecule has 1 nitrogen and oxygen atoms in total. The van der Waals surface area contributed by atoms with Crippen molar-refractivity contribution >= 4 is 0 Å². The Balaban J connectivity index is 1.48. The Kier molecular flexibility index (Phi) is 7.85. The van der Waals surface area contributed by atoms with Crippen LogP contribution in [0.3, 0.4) is 0 Å². The molecule has 0 spiro atoms. The van der Waals surface area contributed by atoms with Gasteiger partial charge in [0.25, 0.3) is 0 Å². The van der Waals surface area contributed by atoms with Crippen molar-refractivity contribution in [3.05, 3.63) is 65.2 Å². The Morgan fingerprint density at radius 1 is 0.900 bits per heavy atom. The summed E-state index contributed by atoms with van der Waals surface area (Å²) in [6.07, 6.45) is 4.69. The van der Waals surface area contributed by atoms with Gasteiger partial charge in [0.15, 0.2) is 0 Å². The lowest BCUT2D eigenvalue weighted by Gasteiger charge is -2.26. The Bertz CT molecular complexity index is 833. The van der Waals surface area contributed by atoms with E-state index in [-0.39, 0.29) is 5.75 Å². The number of unbranched alkanes of at least 4 members (excludes halogenated alkanes) is 2. The highest BCUT2D eigenvalue weighted by Crippen LogP contribution is 2.35. The van der Waals surface area contributed by atoms with Crippen molar-refractivity contribution in [3.8, 4) is 17.6 Å². The molecule has 1 aliphatic rings. The van der Waals surface area contributed by atoms with Crippen molar-refractivity contribution in [2.75, 3.05) is 0 Å². The topological polar surface area (TPSA) is 9.23 Å². The molecule has 1 fully saturated rings. The minimum Gasteiger partial charge on any atom is -0.406 e. The van der Waals surface area contributed by atoms with E-state index < -0.39 is 6.36 Å². The zero-order valence-corrected chi connectivity index (χ0v) is 17.5. The third-order valence-corrected chi connectivity index (χ3v) is 5.76. The molecule has 0 amide bonds. The first-order chi connectivity index (χ1) is 14.4. The van der Waals surface area contributed by atoms with Crippen LogP contribution in [-0.4, -0.2) is 6.36 Å². The van der Waals surface area contributed by atoms with Crippen LogP contribution in [0.4, 0.5) is 13.2 Å². The lowest BCUT2D eigenvalue weighted by molar-refractivity contribution is -0.274. The first-order valence-electron chi connectivity index (χ1n) is 10.9. The van der Waals surface area contributed by atoms with Crippen LogP contribution in [-0.2, 0) is 6.42 Å². The quantitative estimate of drug-likeness (QED) is 0.348. The number of hydrogen-bond donors (Lipinski definition) is 0. The van der Waals surface area contributed by atoms with Crippen molar-refractivity contribution in [3.63, 3.8) is 0 Å². The molecule has 0 N–H and O–H groups in total. The normalized spacial score (nSPS) is 19.1. The Morgan fingerprint density at radius 3 is 2.17 bits per heavy atom. The van der Waals surface area contributed by atoms with E-state index in [1.54, 1.807) is 12.1 Å². The van der Waals surface area contributed by atoms with E-state index >= 15 is 0 Å². The highest BCUT2D eigenvalue weighted by molar-refractivity contribution is 5.38. The van der Waals surface area contributed by atoms with Gasteiger partial charge in [-0.25, -0.2) is 0 Å². The molecule has 2 aromatic rings. The maximum atomic E-state index is 12.2. The zero-order valence-electron chi connectivity index (χ0n) is 17.5. The molecule has 3 rings (SSSR count). The number of benzene rings is 2. The van der Waals surface area contributed by atoms with Gasteiger partial charge in [0.2, 0.25) is 0 Å². The van der Waals surface area contributed by atoms with Gasteiger partial charge >= 0.3 is 6.36 Å². The summed E-state index contributed by atoms with van der Waals surface area (Å²) in [6, 6.07) is 14.9. The van der Waals surface area contributed by atoms with Crippen molar-refractivity contribution in [1.82, 2.24) is 0 Å². The standard InChI is InChI=1S/C26H29F3O/c1-2-3-4-5-20-8-14-23(15-9-20)24-16-10-21(11-17-24)6-7-22-12-18-25(19-13-22)30-26(27,28)29/h8-9,12-15,18-19,21,24H,2-5,10-11,16-17H2,1H3. The second kappa shape index (κ2) is 10.6. The summed E-state index contributed by atoms with van der Waals surface area (Å²) in [4.78, 5) is 0. The third kappa shape index (κ3) is 7.13. The molecule has 4 heteroatoms. The van der Waals surface area contributed by atoms with Gasteiger partial charge in [0, 0.05) is 11.5 Å². The Labute approximate surface area is 177 Å². The molecule has 0 aromatic heterocycles. The van der Waals surface area contributed by atoms with Gasteiger partial charge in [-0.3, -0.25) is 0 Å². The third-order valence-electron chi connectivity index (χ3n) is 5.76. The Morgan fingerprint density at radius 2 is 1.57 bits per heavy atom. The first-order valence-corrected chi connectivity index (χ1v) is 10.9. The molecule has 30 heavy (non-hydrogen) atoms. The van der Waals surface area contributed by atoms with Crippen LogP contribution < -0.4 is 4.74 Å². The van der Waals surface area contributed by atoms with E-state index in [4.69, 9.17) is 0 Å². The highest BCUT2D eigenvalue weighted by Gasteiger charge is 2.30. The van der Waals surface area contributed by atoms with Gasteiger partial charge in [-0.2, -0.15) is 0 Å². The number of halogens is 3. The smallest absolute Gasteiger partial charge is 0.406 e. The number of aryl methyl sites for hydroxylation is 1. The largest absolute Gasteiger partial charge is 0.573 e. The summed E-state index contributed by atoms with van der Waals surface area (Å²) >= 11 is 0. The predicted octanol–water partition coefficient (Wildman–Crippen LogP) is 7.64. The summed E-state index contributed by atoms with van der Waals surface area (Å²) in [5.74, 6) is 7.14. The second-order valence-electron chi connectivity index (χ2n) is 8.09. The van der Waals surface area contributed by atoms with Crippen molar-refractivity contribution < 1.29 is 17.9 Å². The first kappa shape index (κ1) is 22.3. The van der Waals surface area contributed by atoms with Crippen molar-refractivity contribution in [2.24, 2.45) is 5.92 Å². The molecule has 0 unspecified atom stereocenters. The van der Waals surface area contributed by atoms with Gasteiger partial charge in [-0.15, -0.1) is 13.2 Å². The number of rotatable bonds is 6. The van der Waals surface area contributed by atoms with Crippen molar-refractivity contribution in [1.29, 1.82) is 0 Å². The summed E-state index contributed by atoms with van der Waals surface area (Å²) < 4.78 is 40.5. The van der Waals surface area contributed by atoms with Crippen LogP contribution >= 0.6 is 0 Å². The minimum absolute atomic E-state index is 0.218. The van der Waals surface area contributed by atoms with E-state index in [9.17, 15) is 13.2 Å². The molecular weight excluding hydrogens is 385 g/mol. The number of alkyl halides is 3. The fourth-order valence-corrected chi connectivity index (χ4v) is 4.03. The van der Waals surface area contributed by atoms with E-state index in [0.29, 0.717) is 17.4 Å². The summed E-state index contributed by atoms with van der Waals surface area (Å²) in [7, 11) is 0. The number of hydrogen-bond acceptors (Lipinski definition) is 1. The maximum Gasteiger partial charge on any atom is 0.573 e. The number of ether oxygens (including phenoxy) is 1. The molecule has 0 saturated heterocycles. The van der Waals surface area contributed by atoms with Crippen LogP contribution in [0.2, 0.25) is 0 Å². The van der Waals surface area contributed by atoms with Crippen molar-refractivity contribution in [2.45, 2.75) is 70.6 Å². The van der Waals surface area contributed by atoms with E-state index in [1.807, 2.05) is 0 Å². The summed E-state index contributed by atoms with van der Waals surface area (Å²) in [5, 5.41) is 0.